The highest BCUT2D eigenvalue weighted by Crippen LogP contribution is 2.23. The fraction of sp³-hybridized carbons (Fsp3) is 0.300. The van der Waals surface area contributed by atoms with Crippen LogP contribution >= 0.6 is 0 Å². The van der Waals surface area contributed by atoms with Gasteiger partial charge in [-0.15, -0.1) is 0 Å². The van der Waals surface area contributed by atoms with Gasteiger partial charge < -0.3 is 5.32 Å². The fourth-order valence-corrected chi connectivity index (χ4v) is 2.84. The molecule has 2 aromatic heterocycles. The summed E-state index contributed by atoms with van der Waals surface area (Å²) in [5.74, 6) is 0. The lowest BCUT2D eigenvalue weighted by Gasteiger charge is -2.14. The Labute approximate surface area is 143 Å². The van der Waals surface area contributed by atoms with E-state index in [0.29, 0.717) is 6.04 Å². The van der Waals surface area contributed by atoms with Crippen molar-refractivity contribution in [3.63, 3.8) is 0 Å². The number of rotatable bonds is 7. The normalized spacial score (nSPS) is 11.1. The first-order valence-electron chi connectivity index (χ1n) is 8.59. The largest absolute Gasteiger partial charge is 0.310 e. The second kappa shape index (κ2) is 7.88. The number of nitrogens with one attached hydrogen (secondary N) is 1. The number of para-hydroxylation sites is 1. The summed E-state index contributed by atoms with van der Waals surface area (Å²) in [4.78, 5) is 4.12. The Balaban J connectivity index is 1.94. The first kappa shape index (κ1) is 16.4. The minimum absolute atomic E-state index is 0.537. The Kier molecular flexibility index (Phi) is 5.39. The Morgan fingerprint density at radius 2 is 1.71 bits per heavy atom. The Morgan fingerprint density at radius 3 is 2.38 bits per heavy atom. The topological polar surface area (TPSA) is 42.7 Å². The molecule has 4 heteroatoms. The summed E-state index contributed by atoms with van der Waals surface area (Å²) in [5, 5.41) is 8.47. The molecule has 0 aliphatic carbocycles. The lowest BCUT2D eigenvalue weighted by molar-refractivity contribution is 0.484. The van der Waals surface area contributed by atoms with Crippen LogP contribution in [-0.4, -0.2) is 20.8 Å². The molecule has 0 aliphatic rings. The van der Waals surface area contributed by atoms with Crippen LogP contribution in [-0.2, 0) is 6.54 Å². The van der Waals surface area contributed by atoms with Crippen LogP contribution in [0.3, 0.4) is 0 Å². The van der Waals surface area contributed by atoms with Crippen molar-refractivity contribution >= 4 is 0 Å². The third-order valence-electron chi connectivity index (χ3n) is 4.33. The van der Waals surface area contributed by atoms with Gasteiger partial charge in [0, 0.05) is 42.3 Å². The van der Waals surface area contributed by atoms with Crippen molar-refractivity contribution in [2.24, 2.45) is 0 Å². The third-order valence-corrected chi connectivity index (χ3v) is 4.33. The van der Waals surface area contributed by atoms with Gasteiger partial charge in [-0.3, -0.25) is 4.98 Å². The van der Waals surface area contributed by atoms with E-state index in [4.69, 9.17) is 5.10 Å². The van der Waals surface area contributed by atoms with E-state index in [1.165, 1.54) is 5.56 Å². The summed E-state index contributed by atoms with van der Waals surface area (Å²) < 4.78 is 1.96. The number of benzene rings is 1. The molecule has 24 heavy (non-hydrogen) atoms. The number of nitrogens with zero attached hydrogens (tertiary/aromatic N) is 3. The Hall–Kier alpha value is -2.46. The van der Waals surface area contributed by atoms with Gasteiger partial charge in [-0.1, -0.05) is 32.0 Å². The standard InChI is InChI=1S/C20H24N4/c1-3-18(4-2)22-14-17-15-24(19-8-6-5-7-9-19)23-20(17)16-10-12-21-13-11-16/h5-13,15,18,22H,3-4,14H2,1-2H3. The molecule has 0 amide bonds. The van der Waals surface area contributed by atoms with Crippen molar-refractivity contribution in [1.82, 2.24) is 20.1 Å². The van der Waals surface area contributed by atoms with Gasteiger partial charge in [0.2, 0.25) is 0 Å². The molecule has 2 heterocycles. The van der Waals surface area contributed by atoms with Gasteiger partial charge in [0.1, 0.15) is 0 Å². The molecule has 3 aromatic rings. The molecule has 0 unspecified atom stereocenters. The monoisotopic (exact) mass is 320 g/mol. The fourth-order valence-electron chi connectivity index (χ4n) is 2.84. The summed E-state index contributed by atoms with van der Waals surface area (Å²) in [6.07, 6.45) is 8.02. The maximum Gasteiger partial charge on any atom is 0.0973 e. The van der Waals surface area contributed by atoms with E-state index < -0.39 is 0 Å². The average molecular weight is 320 g/mol. The summed E-state index contributed by atoms with van der Waals surface area (Å²) in [6, 6.07) is 14.8. The molecule has 4 nitrogen and oxygen atoms in total. The van der Waals surface area contributed by atoms with E-state index in [9.17, 15) is 0 Å². The van der Waals surface area contributed by atoms with Crippen molar-refractivity contribution in [2.45, 2.75) is 39.3 Å². The van der Waals surface area contributed by atoms with Crippen LogP contribution in [0.15, 0.2) is 61.1 Å². The molecular weight excluding hydrogens is 296 g/mol. The van der Waals surface area contributed by atoms with Crippen molar-refractivity contribution in [3.8, 4) is 16.9 Å². The number of pyridine rings is 1. The molecule has 0 spiro atoms. The summed E-state index contributed by atoms with van der Waals surface area (Å²) in [7, 11) is 0. The smallest absolute Gasteiger partial charge is 0.0973 e. The van der Waals surface area contributed by atoms with Crippen molar-refractivity contribution in [2.75, 3.05) is 0 Å². The van der Waals surface area contributed by atoms with Gasteiger partial charge in [0.15, 0.2) is 0 Å². The lowest BCUT2D eigenvalue weighted by Crippen LogP contribution is -2.27. The van der Waals surface area contributed by atoms with Crippen molar-refractivity contribution in [1.29, 1.82) is 0 Å². The van der Waals surface area contributed by atoms with Crippen LogP contribution in [0.2, 0.25) is 0 Å². The zero-order valence-electron chi connectivity index (χ0n) is 14.3. The first-order chi connectivity index (χ1) is 11.8. The number of hydrogen-bond acceptors (Lipinski definition) is 3. The van der Waals surface area contributed by atoms with Crippen LogP contribution in [0.5, 0.6) is 0 Å². The average Bonchev–Trinajstić information content (AvgIpc) is 3.08. The third kappa shape index (κ3) is 3.71. The number of hydrogen-bond donors (Lipinski definition) is 1. The van der Waals surface area contributed by atoms with Crippen LogP contribution in [0.25, 0.3) is 16.9 Å². The molecular formula is C20H24N4. The predicted octanol–water partition coefficient (Wildman–Crippen LogP) is 4.21. The highest BCUT2D eigenvalue weighted by molar-refractivity contribution is 5.62. The predicted molar refractivity (Wildman–Crippen MR) is 98.0 cm³/mol. The molecule has 0 saturated carbocycles. The van der Waals surface area contributed by atoms with E-state index >= 15 is 0 Å². The van der Waals surface area contributed by atoms with Crippen LogP contribution in [0.1, 0.15) is 32.3 Å². The van der Waals surface area contributed by atoms with E-state index in [-0.39, 0.29) is 0 Å². The van der Waals surface area contributed by atoms with E-state index in [0.717, 1.165) is 36.3 Å². The van der Waals surface area contributed by atoms with Gasteiger partial charge in [-0.2, -0.15) is 5.10 Å². The van der Waals surface area contributed by atoms with E-state index in [1.54, 1.807) is 0 Å². The maximum atomic E-state index is 4.83. The molecule has 0 fully saturated rings. The van der Waals surface area contributed by atoms with E-state index in [1.807, 2.05) is 47.4 Å². The highest BCUT2D eigenvalue weighted by Gasteiger charge is 2.13. The van der Waals surface area contributed by atoms with Gasteiger partial charge in [0.25, 0.3) is 0 Å². The van der Waals surface area contributed by atoms with Gasteiger partial charge in [-0.25, -0.2) is 4.68 Å². The first-order valence-corrected chi connectivity index (χ1v) is 8.59. The molecule has 1 N–H and O–H groups in total. The zero-order valence-corrected chi connectivity index (χ0v) is 14.3. The zero-order chi connectivity index (χ0) is 16.8. The lowest BCUT2D eigenvalue weighted by atomic mass is 10.1. The summed E-state index contributed by atoms with van der Waals surface area (Å²) in [5.41, 5.74) is 4.39. The second-order valence-electron chi connectivity index (χ2n) is 5.91. The van der Waals surface area contributed by atoms with Gasteiger partial charge in [-0.05, 0) is 37.1 Å². The van der Waals surface area contributed by atoms with E-state index in [2.05, 4.69) is 42.5 Å². The summed E-state index contributed by atoms with van der Waals surface area (Å²) in [6.45, 7) is 5.26. The van der Waals surface area contributed by atoms with Crippen LogP contribution in [0.4, 0.5) is 0 Å². The molecule has 0 radical (unpaired) electrons. The maximum absolute atomic E-state index is 4.83. The van der Waals surface area contributed by atoms with Crippen LogP contribution < -0.4 is 5.32 Å². The SMILES string of the molecule is CCC(CC)NCc1cn(-c2ccccc2)nc1-c1ccncc1. The molecule has 124 valence electrons. The Bertz CT molecular complexity index is 746. The van der Waals surface area contributed by atoms with Crippen molar-refractivity contribution < 1.29 is 0 Å². The quantitative estimate of drug-likeness (QED) is 0.709. The molecule has 3 rings (SSSR count). The molecule has 0 aliphatic heterocycles. The highest BCUT2D eigenvalue weighted by atomic mass is 15.3. The summed E-state index contributed by atoms with van der Waals surface area (Å²) >= 11 is 0. The Morgan fingerprint density at radius 1 is 1.00 bits per heavy atom. The minimum atomic E-state index is 0.537. The van der Waals surface area contributed by atoms with Gasteiger partial charge >= 0.3 is 0 Å². The second-order valence-corrected chi connectivity index (χ2v) is 5.91. The van der Waals surface area contributed by atoms with Crippen LogP contribution in [0, 0.1) is 0 Å². The molecule has 1 aromatic carbocycles. The number of aromatic nitrogens is 3. The van der Waals surface area contributed by atoms with Gasteiger partial charge in [0.05, 0.1) is 11.4 Å². The molecule has 0 atom stereocenters. The van der Waals surface area contributed by atoms with Crippen molar-refractivity contribution in [3.05, 3.63) is 66.6 Å². The minimum Gasteiger partial charge on any atom is -0.310 e. The molecule has 0 bridgehead atoms. The molecule has 0 saturated heterocycles.